The monoisotopic (exact) mass is 291 g/mol. The molecule has 3 nitrogen and oxygen atoms in total. The summed E-state index contributed by atoms with van der Waals surface area (Å²) < 4.78 is 27.6. The zero-order chi connectivity index (χ0) is 15.6. The number of rotatable bonds is 4. The molecule has 0 heterocycles. The zero-order valence-electron chi connectivity index (χ0n) is 11.5. The third-order valence-electron chi connectivity index (χ3n) is 3.35. The lowest BCUT2D eigenvalue weighted by atomic mass is 9.99. The zero-order valence-corrected chi connectivity index (χ0v) is 11.5. The number of benzene rings is 2. The standard InChI is InChI=1S/C16H15F2NO2/c1-2-9-8-15(20)12(7-13(9)17)5-10-3-4-11(16(19)21)6-14(10)18/h3-4,6-8,20H,2,5H2,1H3,(H2,19,21). The fraction of sp³-hybridized carbons (Fsp3) is 0.188. The summed E-state index contributed by atoms with van der Waals surface area (Å²) in [6.07, 6.45) is 0.485. The highest BCUT2D eigenvalue weighted by Gasteiger charge is 2.12. The second-order valence-electron chi connectivity index (χ2n) is 4.77. The first-order valence-electron chi connectivity index (χ1n) is 6.50. The maximum absolute atomic E-state index is 13.9. The molecule has 0 atom stereocenters. The van der Waals surface area contributed by atoms with Crippen molar-refractivity contribution >= 4 is 5.91 Å². The van der Waals surface area contributed by atoms with Gasteiger partial charge >= 0.3 is 0 Å². The van der Waals surface area contributed by atoms with Gasteiger partial charge in [0.25, 0.3) is 0 Å². The number of aromatic hydroxyl groups is 1. The van der Waals surface area contributed by atoms with Gasteiger partial charge in [0.15, 0.2) is 0 Å². The smallest absolute Gasteiger partial charge is 0.248 e. The molecule has 2 aromatic rings. The molecular weight excluding hydrogens is 276 g/mol. The molecule has 0 saturated carbocycles. The number of amides is 1. The number of phenols is 1. The molecule has 3 N–H and O–H groups in total. The summed E-state index contributed by atoms with van der Waals surface area (Å²) >= 11 is 0. The number of nitrogens with two attached hydrogens (primary N) is 1. The molecule has 0 aliphatic heterocycles. The molecule has 0 aliphatic rings. The van der Waals surface area contributed by atoms with Crippen LogP contribution in [-0.2, 0) is 12.8 Å². The summed E-state index contributed by atoms with van der Waals surface area (Å²) in [6.45, 7) is 1.78. The van der Waals surface area contributed by atoms with Crippen LogP contribution in [0.3, 0.4) is 0 Å². The highest BCUT2D eigenvalue weighted by atomic mass is 19.1. The van der Waals surface area contributed by atoms with Gasteiger partial charge in [0, 0.05) is 17.5 Å². The van der Waals surface area contributed by atoms with E-state index in [2.05, 4.69) is 0 Å². The minimum Gasteiger partial charge on any atom is -0.508 e. The molecule has 0 saturated heterocycles. The molecule has 21 heavy (non-hydrogen) atoms. The van der Waals surface area contributed by atoms with Crippen LogP contribution in [0.25, 0.3) is 0 Å². The number of carbonyl (C=O) groups excluding carboxylic acids is 1. The van der Waals surface area contributed by atoms with E-state index >= 15 is 0 Å². The van der Waals surface area contributed by atoms with Gasteiger partial charge in [0.05, 0.1) is 0 Å². The third kappa shape index (κ3) is 3.18. The van der Waals surface area contributed by atoms with Crippen LogP contribution in [0, 0.1) is 11.6 Å². The Morgan fingerprint density at radius 2 is 1.76 bits per heavy atom. The van der Waals surface area contributed by atoms with Crippen molar-refractivity contribution < 1.29 is 18.7 Å². The van der Waals surface area contributed by atoms with E-state index < -0.39 is 17.5 Å². The van der Waals surface area contributed by atoms with E-state index in [0.717, 1.165) is 6.07 Å². The predicted octanol–water partition coefficient (Wildman–Crippen LogP) is 2.92. The lowest BCUT2D eigenvalue weighted by Crippen LogP contribution is -2.11. The lowest BCUT2D eigenvalue weighted by molar-refractivity contribution is 0.1000. The van der Waals surface area contributed by atoms with Crippen molar-refractivity contribution in [2.75, 3.05) is 0 Å². The van der Waals surface area contributed by atoms with Crippen LogP contribution in [-0.4, -0.2) is 11.0 Å². The Labute approximate surface area is 121 Å². The second-order valence-corrected chi connectivity index (χ2v) is 4.77. The van der Waals surface area contributed by atoms with Crippen LogP contribution in [0.15, 0.2) is 30.3 Å². The molecule has 0 radical (unpaired) electrons. The Balaban J connectivity index is 2.34. The first-order valence-corrected chi connectivity index (χ1v) is 6.50. The van der Waals surface area contributed by atoms with E-state index in [-0.39, 0.29) is 28.9 Å². The number of phenolic OH excluding ortho intramolecular Hbond substituents is 1. The van der Waals surface area contributed by atoms with Crippen LogP contribution >= 0.6 is 0 Å². The van der Waals surface area contributed by atoms with Gasteiger partial charge in [-0.25, -0.2) is 8.78 Å². The summed E-state index contributed by atoms with van der Waals surface area (Å²) in [7, 11) is 0. The maximum atomic E-state index is 13.9. The number of hydrogen-bond donors (Lipinski definition) is 2. The van der Waals surface area contributed by atoms with Gasteiger partial charge in [0.1, 0.15) is 17.4 Å². The minimum absolute atomic E-state index is 0.0254. The van der Waals surface area contributed by atoms with Crippen LogP contribution < -0.4 is 5.73 Å². The van der Waals surface area contributed by atoms with Crippen molar-refractivity contribution in [3.05, 3.63) is 64.2 Å². The Hall–Kier alpha value is -2.43. The van der Waals surface area contributed by atoms with Gasteiger partial charge in [-0.05, 0) is 41.8 Å². The molecule has 0 aromatic heterocycles. The summed E-state index contributed by atoms with van der Waals surface area (Å²) in [4.78, 5) is 11.0. The Morgan fingerprint density at radius 3 is 2.33 bits per heavy atom. The highest BCUT2D eigenvalue weighted by molar-refractivity contribution is 5.92. The summed E-state index contributed by atoms with van der Waals surface area (Å²) in [5.74, 6) is -1.85. The molecule has 0 spiro atoms. The van der Waals surface area contributed by atoms with E-state index in [1.165, 1.54) is 24.3 Å². The number of primary amides is 1. The van der Waals surface area contributed by atoms with Gasteiger partial charge in [-0.1, -0.05) is 13.0 Å². The van der Waals surface area contributed by atoms with Crippen LogP contribution in [0.1, 0.15) is 34.0 Å². The summed E-state index contributed by atoms with van der Waals surface area (Å²) in [6, 6.07) is 6.39. The fourth-order valence-corrected chi connectivity index (χ4v) is 2.11. The first kappa shape index (κ1) is 15.0. The third-order valence-corrected chi connectivity index (χ3v) is 3.35. The molecule has 0 aliphatic carbocycles. The van der Waals surface area contributed by atoms with Gasteiger partial charge in [-0.3, -0.25) is 4.79 Å². The lowest BCUT2D eigenvalue weighted by Gasteiger charge is -2.09. The van der Waals surface area contributed by atoms with Crippen molar-refractivity contribution in [3.8, 4) is 5.75 Å². The van der Waals surface area contributed by atoms with Gasteiger partial charge in [0.2, 0.25) is 5.91 Å². The Bertz CT molecular complexity index is 699. The van der Waals surface area contributed by atoms with E-state index in [1.807, 2.05) is 0 Å². The van der Waals surface area contributed by atoms with Crippen molar-refractivity contribution in [3.63, 3.8) is 0 Å². The van der Waals surface area contributed by atoms with E-state index in [9.17, 15) is 18.7 Å². The van der Waals surface area contributed by atoms with Crippen LogP contribution in [0.5, 0.6) is 5.75 Å². The summed E-state index contributed by atoms with van der Waals surface area (Å²) in [5, 5.41) is 9.88. The first-order chi connectivity index (χ1) is 9.92. The van der Waals surface area contributed by atoms with Gasteiger partial charge in [-0.15, -0.1) is 0 Å². The summed E-state index contributed by atoms with van der Waals surface area (Å²) in [5.41, 5.74) is 6.07. The molecule has 5 heteroatoms. The highest BCUT2D eigenvalue weighted by Crippen LogP contribution is 2.26. The van der Waals surface area contributed by atoms with Gasteiger partial charge in [-0.2, -0.15) is 0 Å². The Morgan fingerprint density at radius 1 is 1.10 bits per heavy atom. The number of carbonyl (C=O) groups is 1. The Kier molecular flexibility index (Phi) is 4.21. The molecule has 110 valence electrons. The molecule has 0 unspecified atom stereocenters. The fourth-order valence-electron chi connectivity index (χ4n) is 2.11. The molecule has 2 aromatic carbocycles. The van der Waals surface area contributed by atoms with E-state index in [0.29, 0.717) is 12.0 Å². The largest absolute Gasteiger partial charge is 0.508 e. The minimum atomic E-state index is -0.721. The van der Waals surface area contributed by atoms with Crippen LogP contribution in [0.4, 0.5) is 8.78 Å². The topological polar surface area (TPSA) is 63.3 Å². The maximum Gasteiger partial charge on any atom is 0.248 e. The second kappa shape index (κ2) is 5.91. The molecule has 0 fully saturated rings. The number of halogens is 2. The van der Waals surface area contributed by atoms with Crippen molar-refractivity contribution in [2.24, 2.45) is 5.73 Å². The van der Waals surface area contributed by atoms with Crippen LogP contribution in [0.2, 0.25) is 0 Å². The van der Waals surface area contributed by atoms with Crippen molar-refractivity contribution in [1.82, 2.24) is 0 Å². The molecule has 2 rings (SSSR count). The van der Waals surface area contributed by atoms with Crippen molar-refractivity contribution in [1.29, 1.82) is 0 Å². The predicted molar refractivity (Wildman–Crippen MR) is 75.2 cm³/mol. The number of hydrogen-bond acceptors (Lipinski definition) is 2. The average molecular weight is 291 g/mol. The molecular formula is C16H15F2NO2. The molecule has 1 amide bonds. The normalized spacial score (nSPS) is 10.6. The van der Waals surface area contributed by atoms with E-state index in [4.69, 9.17) is 5.73 Å². The average Bonchev–Trinajstić information content (AvgIpc) is 2.44. The van der Waals surface area contributed by atoms with Gasteiger partial charge < -0.3 is 10.8 Å². The van der Waals surface area contributed by atoms with E-state index in [1.54, 1.807) is 6.92 Å². The quantitative estimate of drug-likeness (QED) is 0.909. The molecule has 0 bridgehead atoms. The van der Waals surface area contributed by atoms with Crippen molar-refractivity contribution in [2.45, 2.75) is 19.8 Å². The SMILES string of the molecule is CCc1cc(O)c(Cc2ccc(C(N)=O)cc2F)cc1F. The number of aryl methyl sites for hydroxylation is 1.